The highest BCUT2D eigenvalue weighted by Gasteiger charge is 2.47. The maximum atomic E-state index is 11.2. The van der Waals surface area contributed by atoms with Crippen molar-refractivity contribution in [2.75, 3.05) is 6.61 Å². The molecule has 0 saturated heterocycles. The van der Waals surface area contributed by atoms with Gasteiger partial charge >= 0.3 is 5.97 Å². The van der Waals surface area contributed by atoms with Crippen LogP contribution in [0.15, 0.2) is 12.2 Å². The molecule has 1 saturated carbocycles. The van der Waals surface area contributed by atoms with Gasteiger partial charge in [-0.3, -0.25) is 4.79 Å². The normalized spacial score (nSPS) is 23.8. The van der Waals surface area contributed by atoms with Crippen molar-refractivity contribution in [3.05, 3.63) is 12.2 Å². The number of carbonyl (C=O) groups excluding carboxylic acids is 2. The van der Waals surface area contributed by atoms with Gasteiger partial charge in [0.1, 0.15) is 5.78 Å². The molecule has 1 fully saturated rings. The van der Waals surface area contributed by atoms with Crippen molar-refractivity contribution in [2.24, 2.45) is 17.3 Å². The molecule has 0 aromatic rings. The fraction of sp³-hybridized carbons (Fsp3) is 0.765. The third-order valence-electron chi connectivity index (χ3n) is 4.51. The van der Waals surface area contributed by atoms with Gasteiger partial charge in [0.15, 0.2) is 0 Å². The average molecular weight is 280 g/mol. The lowest BCUT2D eigenvalue weighted by Gasteiger charge is -2.53. The Morgan fingerprint density at radius 1 is 1.25 bits per heavy atom. The first-order valence-corrected chi connectivity index (χ1v) is 7.54. The summed E-state index contributed by atoms with van der Waals surface area (Å²) < 4.78 is 4.95. The van der Waals surface area contributed by atoms with Crippen molar-refractivity contribution in [2.45, 2.75) is 59.8 Å². The molecule has 1 rings (SSSR count). The van der Waals surface area contributed by atoms with E-state index in [9.17, 15) is 9.59 Å². The Labute approximate surface area is 122 Å². The molecule has 0 N–H and O–H groups in total. The second-order valence-electron chi connectivity index (χ2n) is 6.75. The molecule has 0 aromatic carbocycles. The van der Waals surface area contributed by atoms with Gasteiger partial charge < -0.3 is 9.53 Å². The van der Waals surface area contributed by atoms with E-state index in [4.69, 9.17) is 4.74 Å². The van der Waals surface area contributed by atoms with Gasteiger partial charge in [-0.1, -0.05) is 26.0 Å². The van der Waals surface area contributed by atoms with E-state index in [0.717, 1.165) is 25.7 Å². The number of esters is 1. The first-order valence-electron chi connectivity index (χ1n) is 7.54. The van der Waals surface area contributed by atoms with E-state index in [1.165, 1.54) is 12.5 Å². The highest BCUT2D eigenvalue weighted by molar-refractivity contribution is 5.75. The molecule has 0 aromatic heterocycles. The summed E-state index contributed by atoms with van der Waals surface area (Å²) in [7, 11) is 0. The number of ketones is 1. The van der Waals surface area contributed by atoms with Crippen molar-refractivity contribution >= 4 is 11.8 Å². The smallest absolute Gasteiger partial charge is 0.302 e. The van der Waals surface area contributed by atoms with Gasteiger partial charge in [0.2, 0.25) is 0 Å². The number of carbonyl (C=O) groups is 2. The highest BCUT2D eigenvalue weighted by atomic mass is 16.5. The van der Waals surface area contributed by atoms with E-state index in [-0.39, 0.29) is 11.8 Å². The molecule has 3 heteroatoms. The van der Waals surface area contributed by atoms with Crippen LogP contribution in [-0.2, 0) is 14.3 Å². The summed E-state index contributed by atoms with van der Waals surface area (Å²) in [6.45, 7) is 12.3. The number of ether oxygens (including phenoxy) is 1. The zero-order valence-electron chi connectivity index (χ0n) is 13.3. The Morgan fingerprint density at radius 2 is 1.90 bits per heavy atom. The van der Waals surface area contributed by atoms with Crippen LogP contribution in [0.3, 0.4) is 0 Å². The van der Waals surface area contributed by atoms with Gasteiger partial charge in [-0.25, -0.2) is 0 Å². The topological polar surface area (TPSA) is 43.4 Å². The predicted molar refractivity (Wildman–Crippen MR) is 80.3 cm³/mol. The van der Waals surface area contributed by atoms with Crippen LogP contribution >= 0.6 is 0 Å². The van der Waals surface area contributed by atoms with Crippen LogP contribution in [0.25, 0.3) is 0 Å². The molecule has 1 aliphatic rings. The zero-order chi connectivity index (χ0) is 15.3. The molecule has 2 atom stereocenters. The van der Waals surface area contributed by atoms with E-state index in [1.807, 2.05) is 0 Å². The van der Waals surface area contributed by atoms with Gasteiger partial charge in [0.25, 0.3) is 0 Å². The van der Waals surface area contributed by atoms with Crippen LogP contribution < -0.4 is 0 Å². The van der Waals surface area contributed by atoms with Crippen molar-refractivity contribution in [3.63, 3.8) is 0 Å². The molecule has 114 valence electrons. The lowest BCUT2D eigenvalue weighted by Crippen LogP contribution is -2.44. The summed E-state index contributed by atoms with van der Waals surface area (Å²) in [6.07, 6.45) is 4.54. The van der Waals surface area contributed by atoms with Crippen LogP contribution in [0, 0.1) is 17.3 Å². The first-order chi connectivity index (χ1) is 9.24. The summed E-state index contributed by atoms with van der Waals surface area (Å²) in [6, 6.07) is 0. The summed E-state index contributed by atoms with van der Waals surface area (Å²) >= 11 is 0. The SMILES string of the molecule is C=C(CCCOC(C)=O)C1CC(C)(C)C1CCC(C)=O. The fourth-order valence-electron chi connectivity index (χ4n) is 3.32. The van der Waals surface area contributed by atoms with Crippen LogP contribution in [0.2, 0.25) is 0 Å². The van der Waals surface area contributed by atoms with Gasteiger partial charge in [-0.15, -0.1) is 0 Å². The van der Waals surface area contributed by atoms with E-state index < -0.39 is 0 Å². The number of Topliss-reactive ketones (excluding diaryl/α,β-unsaturated/α-hetero) is 1. The fourth-order valence-corrected chi connectivity index (χ4v) is 3.32. The largest absolute Gasteiger partial charge is 0.466 e. The van der Waals surface area contributed by atoms with E-state index >= 15 is 0 Å². The standard InChI is InChI=1S/C17H28O3/c1-12(7-6-10-20-14(3)19)15-11-17(4,5)16(15)9-8-13(2)18/h15-16H,1,6-11H2,2-5H3. The lowest BCUT2D eigenvalue weighted by molar-refractivity contribution is -0.141. The molecule has 3 nitrogen and oxygen atoms in total. The second-order valence-corrected chi connectivity index (χ2v) is 6.75. The van der Waals surface area contributed by atoms with Crippen LogP contribution in [0.1, 0.15) is 59.8 Å². The molecule has 0 radical (unpaired) electrons. The predicted octanol–water partition coefficient (Wildman–Crippen LogP) is 3.92. The van der Waals surface area contributed by atoms with E-state index in [2.05, 4.69) is 20.4 Å². The molecule has 0 bridgehead atoms. The minimum atomic E-state index is -0.222. The molecule has 0 aliphatic heterocycles. The van der Waals surface area contributed by atoms with Crippen LogP contribution in [0.4, 0.5) is 0 Å². The summed E-state index contributed by atoms with van der Waals surface area (Å²) in [5, 5.41) is 0. The maximum absolute atomic E-state index is 11.2. The number of allylic oxidation sites excluding steroid dienone is 1. The Morgan fingerprint density at radius 3 is 2.40 bits per heavy atom. The zero-order valence-corrected chi connectivity index (χ0v) is 13.3. The van der Waals surface area contributed by atoms with Crippen LogP contribution in [0.5, 0.6) is 0 Å². The molecule has 1 aliphatic carbocycles. The maximum Gasteiger partial charge on any atom is 0.302 e. The number of rotatable bonds is 8. The van der Waals surface area contributed by atoms with Crippen molar-refractivity contribution < 1.29 is 14.3 Å². The van der Waals surface area contributed by atoms with Crippen molar-refractivity contribution in [3.8, 4) is 0 Å². The Bertz CT molecular complexity index is 382. The van der Waals surface area contributed by atoms with Gasteiger partial charge in [-0.2, -0.15) is 0 Å². The molecular weight excluding hydrogens is 252 g/mol. The number of hydrogen-bond donors (Lipinski definition) is 0. The number of hydrogen-bond acceptors (Lipinski definition) is 3. The molecular formula is C17H28O3. The minimum absolute atomic E-state index is 0.222. The molecule has 2 unspecified atom stereocenters. The molecule has 20 heavy (non-hydrogen) atoms. The third-order valence-corrected chi connectivity index (χ3v) is 4.51. The Balaban J connectivity index is 2.39. The summed E-state index contributed by atoms with van der Waals surface area (Å²) in [5.41, 5.74) is 1.57. The van der Waals surface area contributed by atoms with Crippen LogP contribution in [-0.4, -0.2) is 18.4 Å². The molecule has 0 spiro atoms. The van der Waals surface area contributed by atoms with Gasteiger partial charge in [0, 0.05) is 13.3 Å². The molecule has 0 heterocycles. The van der Waals surface area contributed by atoms with Crippen molar-refractivity contribution in [1.82, 2.24) is 0 Å². The van der Waals surface area contributed by atoms with E-state index in [1.54, 1.807) is 6.92 Å². The average Bonchev–Trinajstić information content (AvgIpc) is 2.31. The van der Waals surface area contributed by atoms with Gasteiger partial charge in [0.05, 0.1) is 6.61 Å². The van der Waals surface area contributed by atoms with Crippen molar-refractivity contribution in [1.29, 1.82) is 0 Å². The molecule has 0 amide bonds. The van der Waals surface area contributed by atoms with E-state index in [0.29, 0.717) is 30.3 Å². The second kappa shape index (κ2) is 7.05. The monoisotopic (exact) mass is 280 g/mol. The summed E-state index contributed by atoms with van der Waals surface area (Å²) in [5.74, 6) is 1.14. The van der Waals surface area contributed by atoms with Gasteiger partial charge in [-0.05, 0) is 49.9 Å². The third kappa shape index (κ3) is 4.77. The summed E-state index contributed by atoms with van der Waals surface area (Å²) in [4.78, 5) is 21.9. The first kappa shape index (κ1) is 16.9. The minimum Gasteiger partial charge on any atom is -0.466 e. The Kier molecular flexibility index (Phi) is 5.97. The highest BCUT2D eigenvalue weighted by Crippen LogP contribution is 2.55. The Hall–Kier alpha value is -1.12. The lowest BCUT2D eigenvalue weighted by atomic mass is 9.52. The quantitative estimate of drug-likeness (QED) is 0.384.